The van der Waals surface area contributed by atoms with Crippen molar-refractivity contribution in [2.75, 3.05) is 18.5 Å². The van der Waals surface area contributed by atoms with Gasteiger partial charge in [-0.25, -0.2) is 8.42 Å². The third-order valence-corrected chi connectivity index (χ3v) is 8.49. The molecule has 1 unspecified atom stereocenters. The largest absolute Gasteiger partial charge is 0.457 e. The predicted molar refractivity (Wildman–Crippen MR) is 141 cm³/mol. The predicted octanol–water partition coefficient (Wildman–Crippen LogP) is 4.21. The number of fused-ring (bicyclic) bond motifs is 1. The zero-order valence-electron chi connectivity index (χ0n) is 20.1. The van der Waals surface area contributed by atoms with Crippen LogP contribution < -0.4 is 10.1 Å². The highest BCUT2D eigenvalue weighted by Crippen LogP contribution is 2.30. The van der Waals surface area contributed by atoms with Gasteiger partial charge in [0.15, 0.2) is 6.61 Å². The molecular formula is C26H24N4O6S2. The van der Waals surface area contributed by atoms with E-state index < -0.39 is 34.5 Å². The molecule has 0 saturated carbocycles. The summed E-state index contributed by atoms with van der Waals surface area (Å²) in [6.07, 6.45) is 1.56. The Morgan fingerprint density at radius 2 is 1.76 bits per heavy atom. The van der Waals surface area contributed by atoms with Crippen LogP contribution in [0.1, 0.15) is 19.3 Å². The van der Waals surface area contributed by atoms with Crippen molar-refractivity contribution in [3.8, 4) is 11.5 Å². The molecule has 10 nitrogen and oxygen atoms in total. The average molecular weight is 553 g/mol. The molecule has 0 bridgehead atoms. The number of sulfonamides is 1. The molecule has 4 aromatic rings. The van der Waals surface area contributed by atoms with E-state index in [1.54, 1.807) is 36.4 Å². The Balaban J connectivity index is 1.23. The fourth-order valence-corrected chi connectivity index (χ4v) is 6.64. The molecule has 196 valence electrons. The number of piperidine rings is 1. The van der Waals surface area contributed by atoms with Crippen LogP contribution in [0.25, 0.3) is 11.0 Å². The van der Waals surface area contributed by atoms with Gasteiger partial charge in [0.1, 0.15) is 33.5 Å². The normalized spacial score (nSPS) is 16.2. The molecule has 1 aromatic heterocycles. The minimum atomic E-state index is -4.05. The molecule has 0 aliphatic carbocycles. The Kier molecular flexibility index (Phi) is 7.63. The van der Waals surface area contributed by atoms with Gasteiger partial charge in [-0.15, -0.1) is 0 Å². The molecule has 12 heteroatoms. The number of rotatable bonds is 8. The molecule has 1 amide bonds. The smallest absolute Gasteiger partial charge is 0.324 e. The number of benzene rings is 3. The van der Waals surface area contributed by atoms with Crippen LogP contribution in [0.4, 0.5) is 5.69 Å². The number of para-hydroxylation sites is 1. The van der Waals surface area contributed by atoms with Gasteiger partial charge >= 0.3 is 5.97 Å². The second-order valence-electron chi connectivity index (χ2n) is 8.61. The molecule has 1 N–H and O–H groups in total. The van der Waals surface area contributed by atoms with Crippen molar-refractivity contribution < 1.29 is 27.5 Å². The van der Waals surface area contributed by atoms with Crippen molar-refractivity contribution in [1.29, 1.82) is 0 Å². The lowest BCUT2D eigenvalue weighted by Gasteiger charge is -2.32. The van der Waals surface area contributed by atoms with Crippen LogP contribution in [-0.4, -0.2) is 52.5 Å². The van der Waals surface area contributed by atoms with Gasteiger partial charge < -0.3 is 14.8 Å². The summed E-state index contributed by atoms with van der Waals surface area (Å²) in [5, 5.41) is 2.67. The highest BCUT2D eigenvalue weighted by Gasteiger charge is 2.39. The van der Waals surface area contributed by atoms with E-state index in [9.17, 15) is 18.0 Å². The highest BCUT2D eigenvalue weighted by molar-refractivity contribution is 7.89. The summed E-state index contributed by atoms with van der Waals surface area (Å²) in [6.45, 7) is -0.394. The zero-order valence-corrected chi connectivity index (χ0v) is 21.8. The highest BCUT2D eigenvalue weighted by atomic mass is 32.2. The zero-order chi connectivity index (χ0) is 26.5. The summed E-state index contributed by atoms with van der Waals surface area (Å²) in [5.41, 5.74) is 1.21. The van der Waals surface area contributed by atoms with E-state index in [1.807, 2.05) is 30.3 Å². The molecule has 38 heavy (non-hydrogen) atoms. The Hall–Kier alpha value is -3.87. The van der Waals surface area contributed by atoms with Crippen LogP contribution in [0.15, 0.2) is 77.7 Å². The lowest BCUT2D eigenvalue weighted by molar-refractivity contribution is -0.152. The van der Waals surface area contributed by atoms with Crippen molar-refractivity contribution in [3.05, 3.63) is 72.8 Å². The first-order chi connectivity index (χ1) is 18.4. The minimum Gasteiger partial charge on any atom is -0.457 e. The number of amides is 1. The summed E-state index contributed by atoms with van der Waals surface area (Å²) in [6, 6.07) is 19.7. The van der Waals surface area contributed by atoms with Gasteiger partial charge in [-0.3, -0.25) is 9.59 Å². The maximum absolute atomic E-state index is 13.5. The van der Waals surface area contributed by atoms with Gasteiger partial charge in [0, 0.05) is 18.3 Å². The van der Waals surface area contributed by atoms with Gasteiger partial charge in [0.25, 0.3) is 5.91 Å². The molecule has 1 atom stereocenters. The quantitative estimate of drug-likeness (QED) is 0.322. The summed E-state index contributed by atoms with van der Waals surface area (Å²) in [4.78, 5) is 25.5. The molecule has 1 aliphatic heterocycles. The van der Waals surface area contributed by atoms with Crippen LogP contribution in [-0.2, 0) is 24.3 Å². The lowest BCUT2D eigenvalue weighted by Crippen LogP contribution is -2.48. The van der Waals surface area contributed by atoms with Gasteiger partial charge in [-0.1, -0.05) is 30.3 Å². The van der Waals surface area contributed by atoms with Crippen molar-refractivity contribution in [1.82, 2.24) is 13.1 Å². The van der Waals surface area contributed by atoms with E-state index in [0.717, 1.165) is 16.0 Å². The number of anilines is 1. The van der Waals surface area contributed by atoms with Gasteiger partial charge in [0.2, 0.25) is 10.0 Å². The fraction of sp³-hybridized carbons (Fsp3) is 0.231. The van der Waals surface area contributed by atoms with Crippen molar-refractivity contribution >= 4 is 50.3 Å². The van der Waals surface area contributed by atoms with Crippen molar-refractivity contribution in [3.63, 3.8) is 0 Å². The molecule has 1 aliphatic rings. The lowest BCUT2D eigenvalue weighted by atomic mass is 10.1. The van der Waals surface area contributed by atoms with Gasteiger partial charge in [-0.05, 0) is 55.7 Å². The minimum absolute atomic E-state index is 0.00111. The summed E-state index contributed by atoms with van der Waals surface area (Å²) < 4.78 is 47.5. The number of carbonyl (C=O) groups excluding carboxylic acids is 2. The number of hydrogen-bond donors (Lipinski definition) is 1. The van der Waals surface area contributed by atoms with E-state index >= 15 is 0 Å². The summed E-state index contributed by atoms with van der Waals surface area (Å²) in [5.74, 6) is -0.148. The Morgan fingerprint density at radius 3 is 2.61 bits per heavy atom. The van der Waals surface area contributed by atoms with Crippen LogP contribution >= 0.6 is 11.7 Å². The maximum atomic E-state index is 13.5. The molecule has 0 spiro atoms. The molecule has 2 heterocycles. The molecular weight excluding hydrogens is 528 g/mol. The number of ether oxygens (including phenoxy) is 2. The van der Waals surface area contributed by atoms with Crippen molar-refractivity contribution in [2.45, 2.75) is 30.2 Å². The average Bonchev–Trinajstić information content (AvgIpc) is 3.42. The number of nitrogens with zero attached hydrogens (tertiary/aromatic N) is 3. The molecule has 1 fully saturated rings. The first-order valence-corrected chi connectivity index (χ1v) is 14.1. The third kappa shape index (κ3) is 5.67. The molecule has 0 radical (unpaired) electrons. The Morgan fingerprint density at radius 1 is 0.974 bits per heavy atom. The first-order valence-electron chi connectivity index (χ1n) is 11.9. The molecule has 3 aromatic carbocycles. The Bertz CT molecular complexity index is 1560. The SMILES string of the molecule is O=C(COC(=O)C1CCCCN1S(=O)(=O)c1cccc2nsnc12)Nc1cccc(Oc2ccccc2)c1. The van der Waals surface area contributed by atoms with Crippen LogP contribution in [0, 0.1) is 0 Å². The molecule has 1 saturated heterocycles. The number of nitrogens with one attached hydrogen (secondary N) is 1. The van der Waals surface area contributed by atoms with Crippen LogP contribution in [0.2, 0.25) is 0 Å². The number of aromatic nitrogens is 2. The van der Waals surface area contributed by atoms with E-state index in [-0.39, 0.29) is 17.0 Å². The van der Waals surface area contributed by atoms with Crippen molar-refractivity contribution in [2.24, 2.45) is 0 Å². The van der Waals surface area contributed by atoms with E-state index in [2.05, 4.69) is 14.1 Å². The topological polar surface area (TPSA) is 128 Å². The third-order valence-electron chi connectivity index (χ3n) is 6.00. The number of esters is 1. The van der Waals surface area contributed by atoms with E-state index in [4.69, 9.17) is 9.47 Å². The van der Waals surface area contributed by atoms with Gasteiger partial charge in [0.05, 0.1) is 11.7 Å². The fourth-order valence-electron chi connectivity index (χ4n) is 4.24. The Labute approximate surface area is 223 Å². The molecule has 5 rings (SSSR count). The first kappa shape index (κ1) is 25.8. The standard InChI is InChI=1S/C26H24N4O6S2/c31-24(27-18-8-6-11-20(16-18)36-19-9-2-1-3-10-19)17-35-26(32)22-13-4-5-15-30(22)38(33,34)23-14-7-12-21-25(23)29-37-28-21/h1-3,6-12,14,16,22H,4-5,13,15,17H2,(H,27,31). The second-order valence-corrected chi connectivity index (χ2v) is 11.0. The van der Waals surface area contributed by atoms with Crippen LogP contribution in [0.5, 0.6) is 11.5 Å². The number of carbonyl (C=O) groups is 2. The number of hydrogen-bond acceptors (Lipinski definition) is 9. The van der Waals surface area contributed by atoms with Crippen LogP contribution in [0.3, 0.4) is 0 Å². The monoisotopic (exact) mass is 552 g/mol. The maximum Gasteiger partial charge on any atom is 0.324 e. The summed E-state index contributed by atoms with van der Waals surface area (Å²) >= 11 is 0.923. The van der Waals surface area contributed by atoms with E-state index in [0.29, 0.717) is 42.0 Å². The van der Waals surface area contributed by atoms with Gasteiger partial charge in [-0.2, -0.15) is 13.1 Å². The second kappa shape index (κ2) is 11.3. The van der Waals surface area contributed by atoms with E-state index in [1.165, 1.54) is 6.07 Å². The summed E-state index contributed by atoms with van der Waals surface area (Å²) in [7, 11) is -4.05.